The van der Waals surface area contributed by atoms with E-state index < -0.39 is 0 Å². The van der Waals surface area contributed by atoms with Crippen molar-refractivity contribution in [2.75, 3.05) is 0 Å². The average Bonchev–Trinajstić information content (AvgIpc) is 2.55. The first-order valence-electron chi connectivity index (χ1n) is 7.04. The van der Waals surface area contributed by atoms with Crippen LogP contribution in [0.25, 0.3) is 0 Å². The summed E-state index contributed by atoms with van der Waals surface area (Å²) in [7, 11) is 3.63. The van der Waals surface area contributed by atoms with Crippen molar-refractivity contribution in [1.29, 1.82) is 0 Å². The number of nitrogens with zero attached hydrogens (tertiary/aromatic N) is 3. The van der Waals surface area contributed by atoms with Crippen LogP contribution in [0.2, 0.25) is 0 Å². The van der Waals surface area contributed by atoms with Crippen LogP contribution in [-0.4, -0.2) is 22.3 Å². The fourth-order valence-electron chi connectivity index (χ4n) is 2.06. The fourth-order valence-corrected chi connectivity index (χ4v) is 2.06. The second-order valence-electron chi connectivity index (χ2n) is 5.22. The van der Waals surface area contributed by atoms with Gasteiger partial charge in [0.1, 0.15) is 14.1 Å². The highest BCUT2D eigenvalue weighted by Gasteiger charge is 2.17. The van der Waals surface area contributed by atoms with Crippen LogP contribution in [0.5, 0.6) is 5.75 Å². The molecule has 0 unspecified atom stereocenters. The maximum Gasteiger partial charge on any atom is 0.271 e. The van der Waals surface area contributed by atoms with Crippen LogP contribution < -0.4 is 14.6 Å². The van der Waals surface area contributed by atoms with Gasteiger partial charge in [0, 0.05) is 19.1 Å². The van der Waals surface area contributed by atoms with Crippen molar-refractivity contribution < 1.29 is 24.1 Å². The van der Waals surface area contributed by atoms with Gasteiger partial charge >= 0.3 is 0 Å². The third-order valence-electron chi connectivity index (χ3n) is 3.59. The van der Waals surface area contributed by atoms with Gasteiger partial charge in [-0.25, -0.2) is 14.6 Å². The SMILES string of the molecule is Cc1c(O)c(C=NNC(=O)c2cc[n+](C)cc2)c(CO)c[n+]1C. The van der Waals surface area contributed by atoms with E-state index in [4.69, 9.17) is 0 Å². The first-order chi connectivity index (χ1) is 10.9. The van der Waals surface area contributed by atoms with Crippen LogP contribution in [0.1, 0.15) is 27.2 Å². The maximum absolute atomic E-state index is 12.0. The number of hydrogen-bond donors (Lipinski definition) is 3. The van der Waals surface area contributed by atoms with E-state index in [2.05, 4.69) is 10.5 Å². The van der Waals surface area contributed by atoms with Gasteiger partial charge in [0.15, 0.2) is 24.3 Å². The number of rotatable bonds is 4. The van der Waals surface area contributed by atoms with Crippen LogP contribution in [0.15, 0.2) is 35.8 Å². The van der Waals surface area contributed by atoms with E-state index in [-0.39, 0.29) is 18.3 Å². The molecule has 1 amide bonds. The number of carbonyl (C=O) groups excluding carboxylic acids is 1. The Kier molecular flexibility index (Phi) is 5.02. The van der Waals surface area contributed by atoms with Crippen molar-refractivity contribution in [3.05, 3.63) is 53.1 Å². The number of aromatic nitrogens is 2. The first-order valence-corrected chi connectivity index (χ1v) is 7.04. The summed E-state index contributed by atoms with van der Waals surface area (Å²) >= 11 is 0. The molecule has 7 heteroatoms. The summed E-state index contributed by atoms with van der Waals surface area (Å²) in [6, 6.07) is 3.35. The highest BCUT2D eigenvalue weighted by Crippen LogP contribution is 2.20. The zero-order chi connectivity index (χ0) is 17.0. The summed E-state index contributed by atoms with van der Waals surface area (Å²) in [4.78, 5) is 12.0. The number of aromatic hydroxyl groups is 1. The van der Waals surface area contributed by atoms with Crippen LogP contribution in [-0.2, 0) is 20.7 Å². The van der Waals surface area contributed by atoms with Gasteiger partial charge in [0.2, 0.25) is 5.69 Å². The van der Waals surface area contributed by atoms with Crippen molar-refractivity contribution in [3.8, 4) is 5.75 Å². The van der Waals surface area contributed by atoms with E-state index in [1.165, 1.54) is 6.21 Å². The summed E-state index contributed by atoms with van der Waals surface area (Å²) in [6.07, 6.45) is 6.55. The number of amides is 1. The third-order valence-corrected chi connectivity index (χ3v) is 3.59. The molecule has 2 heterocycles. The zero-order valence-electron chi connectivity index (χ0n) is 13.3. The summed E-state index contributed by atoms with van der Waals surface area (Å²) in [5, 5.41) is 23.4. The Morgan fingerprint density at radius 3 is 2.61 bits per heavy atom. The molecule has 3 N–H and O–H groups in total. The number of pyridine rings is 2. The van der Waals surface area contributed by atoms with E-state index in [1.807, 2.05) is 11.6 Å². The van der Waals surface area contributed by atoms with Crippen molar-refractivity contribution in [1.82, 2.24) is 5.43 Å². The Bertz CT molecular complexity index is 755. The zero-order valence-corrected chi connectivity index (χ0v) is 13.3. The molecular formula is C16H20N4O3+2. The number of aliphatic hydroxyl groups is 1. The van der Waals surface area contributed by atoms with E-state index in [0.717, 1.165) is 0 Å². The summed E-state index contributed by atoms with van der Waals surface area (Å²) < 4.78 is 3.53. The normalized spacial score (nSPS) is 11.0. The summed E-state index contributed by atoms with van der Waals surface area (Å²) in [5.41, 5.74) is 4.40. The molecule has 0 fully saturated rings. The monoisotopic (exact) mass is 316 g/mol. The number of hydrogen-bond acceptors (Lipinski definition) is 4. The van der Waals surface area contributed by atoms with Gasteiger partial charge < -0.3 is 10.2 Å². The Morgan fingerprint density at radius 2 is 2.00 bits per heavy atom. The van der Waals surface area contributed by atoms with Crippen molar-refractivity contribution in [2.24, 2.45) is 19.2 Å². The van der Waals surface area contributed by atoms with Crippen LogP contribution in [0.3, 0.4) is 0 Å². The number of hydrazone groups is 1. The van der Waals surface area contributed by atoms with Gasteiger partial charge in [-0.1, -0.05) is 0 Å². The highest BCUT2D eigenvalue weighted by molar-refractivity contribution is 5.95. The molecule has 0 aliphatic rings. The molecule has 0 bridgehead atoms. The molecule has 2 rings (SSSR count). The number of aryl methyl sites for hydroxylation is 2. The van der Waals surface area contributed by atoms with Gasteiger partial charge in [-0.15, -0.1) is 0 Å². The molecular weight excluding hydrogens is 296 g/mol. The van der Waals surface area contributed by atoms with Gasteiger partial charge in [-0.05, 0) is 0 Å². The minimum atomic E-state index is -0.356. The van der Waals surface area contributed by atoms with Crippen molar-refractivity contribution in [3.63, 3.8) is 0 Å². The molecule has 0 aliphatic carbocycles. The third kappa shape index (κ3) is 3.70. The molecule has 23 heavy (non-hydrogen) atoms. The molecule has 0 radical (unpaired) electrons. The number of nitrogens with one attached hydrogen (secondary N) is 1. The van der Waals surface area contributed by atoms with Crippen molar-refractivity contribution >= 4 is 12.1 Å². The molecule has 0 saturated heterocycles. The molecule has 0 aliphatic heterocycles. The fraction of sp³-hybridized carbons (Fsp3) is 0.250. The van der Waals surface area contributed by atoms with Crippen LogP contribution >= 0.6 is 0 Å². The highest BCUT2D eigenvalue weighted by atomic mass is 16.3. The van der Waals surface area contributed by atoms with Gasteiger partial charge in [0.05, 0.1) is 29.5 Å². The largest absolute Gasteiger partial charge is 0.502 e. The van der Waals surface area contributed by atoms with E-state index in [1.54, 1.807) is 49.3 Å². The molecule has 0 spiro atoms. The predicted octanol–water partition coefficient (Wildman–Crippen LogP) is -0.394. The predicted molar refractivity (Wildman–Crippen MR) is 82.6 cm³/mol. The summed E-state index contributed by atoms with van der Waals surface area (Å²) in [5.74, 6) is -0.339. The van der Waals surface area contributed by atoms with E-state index in [0.29, 0.717) is 22.4 Å². The Hall–Kier alpha value is -2.80. The Balaban J connectivity index is 2.19. The molecule has 120 valence electrons. The Labute approximate surface area is 134 Å². The van der Waals surface area contributed by atoms with Crippen LogP contribution in [0.4, 0.5) is 0 Å². The lowest BCUT2D eigenvalue weighted by molar-refractivity contribution is -0.678. The summed E-state index contributed by atoms with van der Waals surface area (Å²) in [6.45, 7) is 1.50. The lowest BCUT2D eigenvalue weighted by Crippen LogP contribution is -2.33. The van der Waals surface area contributed by atoms with E-state index >= 15 is 0 Å². The van der Waals surface area contributed by atoms with Gasteiger partial charge in [-0.2, -0.15) is 5.10 Å². The quantitative estimate of drug-likeness (QED) is 0.407. The van der Waals surface area contributed by atoms with Crippen molar-refractivity contribution in [2.45, 2.75) is 13.5 Å². The van der Waals surface area contributed by atoms with Gasteiger partial charge in [-0.3, -0.25) is 4.79 Å². The lowest BCUT2D eigenvalue weighted by Gasteiger charge is -2.06. The van der Waals surface area contributed by atoms with Crippen LogP contribution in [0, 0.1) is 6.92 Å². The maximum atomic E-state index is 12.0. The number of aliphatic hydroxyl groups excluding tert-OH is 1. The first kappa shape index (κ1) is 16.6. The lowest BCUT2D eigenvalue weighted by atomic mass is 10.1. The Morgan fingerprint density at radius 1 is 1.35 bits per heavy atom. The molecule has 0 saturated carbocycles. The second-order valence-corrected chi connectivity index (χ2v) is 5.22. The minimum absolute atomic E-state index is 0.0174. The molecule has 0 aromatic carbocycles. The van der Waals surface area contributed by atoms with E-state index in [9.17, 15) is 15.0 Å². The number of carbonyl (C=O) groups is 1. The van der Waals surface area contributed by atoms with Gasteiger partial charge in [0.25, 0.3) is 5.91 Å². The second kappa shape index (κ2) is 6.97. The topological polar surface area (TPSA) is 89.7 Å². The standard InChI is InChI=1S/C16H18N4O3/c1-11-15(22)14(13(10-21)9-20(11)3)8-17-18-16(23)12-4-6-19(2)7-5-12/h4-9,21H,10H2,1-3H3/p+2. The minimum Gasteiger partial charge on any atom is -0.502 e. The molecule has 2 aromatic heterocycles. The smallest absolute Gasteiger partial charge is 0.271 e. The molecule has 2 aromatic rings. The average molecular weight is 316 g/mol. The molecule has 7 nitrogen and oxygen atoms in total. The molecule has 0 atom stereocenters.